The Hall–Kier alpha value is -3.24. The molecule has 0 saturated carbocycles. The average molecular weight is 511 g/mol. The maximum absolute atomic E-state index is 12.9. The minimum absolute atomic E-state index is 0.115. The molecule has 1 unspecified atom stereocenters. The zero-order valence-electron chi connectivity index (χ0n) is 21.3. The molecule has 192 valence electrons. The van der Waals surface area contributed by atoms with E-state index in [0.717, 1.165) is 24.9 Å². The molecule has 0 bridgehead atoms. The molecule has 0 radical (unpaired) electrons. The van der Waals surface area contributed by atoms with E-state index in [1.165, 1.54) is 11.4 Å². The van der Waals surface area contributed by atoms with Crippen LogP contribution in [-0.2, 0) is 22.0 Å². The highest BCUT2D eigenvalue weighted by Crippen LogP contribution is 2.33. The second-order valence-corrected chi connectivity index (χ2v) is 12.3. The van der Waals surface area contributed by atoms with Crippen molar-refractivity contribution in [1.82, 2.24) is 15.2 Å². The van der Waals surface area contributed by atoms with Gasteiger partial charge in [0.1, 0.15) is 11.6 Å². The Morgan fingerprint density at radius 1 is 1.28 bits per heavy atom. The third-order valence-corrected chi connectivity index (χ3v) is 8.68. The van der Waals surface area contributed by atoms with Crippen molar-refractivity contribution in [3.63, 3.8) is 0 Å². The lowest BCUT2D eigenvalue weighted by Crippen LogP contribution is -2.35. The molecule has 1 aromatic carbocycles. The summed E-state index contributed by atoms with van der Waals surface area (Å²) in [6, 6.07) is 13.5. The van der Waals surface area contributed by atoms with E-state index >= 15 is 0 Å². The molecule has 1 aliphatic heterocycles. The van der Waals surface area contributed by atoms with Crippen LogP contribution in [0.25, 0.3) is 11.5 Å². The van der Waals surface area contributed by atoms with Crippen LogP contribution in [0.15, 0.2) is 59.5 Å². The minimum atomic E-state index is -3.60. The van der Waals surface area contributed by atoms with Crippen molar-refractivity contribution in [2.45, 2.75) is 56.9 Å². The Morgan fingerprint density at radius 2 is 2.00 bits per heavy atom. The van der Waals surface area contributed by atoms with Crippen LogP contribution in [0, 0.1) is 0 Å². The molecule has 0 amide bonds. The first kappa shape index (κ1) is 25.8. The quantitative estimate of drug-likeness (QED) is 0.431. The van der Waals surface area contributed by atoms with Gasteiger partial charge in [-0.1, -0.05) is 36.4 Å². The molecule has 36 heavy (non-hydrogen) atoms. The molecule has 0 aliphatic carbocycles. The highest BCUT2D eigenvalue weighted by atomic mass is 32.2. The summed E-state index contributed by atoms with van der Waals surface area (Å²) in [5.74, 6) is 1.47. The van der Waals surface area contributed by atoms with Crippen LogP contribution < -0.4 is 14.9 Å². The highest BCUT2D eigenvalue weighted by Gasteiger charge is 2.31. The Kier molecular flexibility index (Phi) is 7.19. The third kappa shape index (κ3) is 5.15. The van der Waals surface area contributed by atoms with Crippen molar-refractivity contribution in [1.29, 1.82) is 0 Å². The summed E-state index contributed by atoms with van der Waals surface area (Å²) in [5, 5.41) is 7.91. The number of rotatable bonds is 9. The summed E-state index contributed by atoms with van der Waals surface area (Å²) in [5.41, 5.74) is 7.33. The summed E-state index contributed by atoms with van der Waals surface area (Å²) < 4.78 is 33.1. The van der Waals surface area contributed by atoms with Crippen LogP contribution in [0.3, 0.4) is 0 Å². The number of aromatic nitrogens is 3. The van der Waals surface area contributed by atoms with E-state index in [2.05, 4.69) is 21.7 Å². The number of benzene rings is 1. The lowest BCUT2D eigenvalue weighted by atomic mass is 9.94. The van der Waals surface area contributed by atoms with Gasteiger partial charge in [-0.15, -0.1) is 16.8 Å². The van der Waals surface area contributed by atoms with E-state index in [0.29, 0.717) is 23.7 Å². The van der Waals surface area contributed by atoms with Gasteiger partial charge >= 0.3 is 0 Å². The van der Waals surface area contributed by atoms with Gasteiger partial charge in [0.25, 0.3) is 0 Å². The second-order valence-electron chi connectivity index (χ2n) is 9.76. The van der Waals surface area contributed by atoms with Crippen molar-refractivity contribution >= 4 is 21.7 Å². The van der Waals surface area contributed by atoms with E-state index in [9.17, 15) is 8.42 Å². The standard InChI is InChI=1S/C26H34N6O3S/c1-6-21-13-10-14-32(21)23-16-20(15-22(28-23)31(5)36(33,34)18(2)3)24-29-30-25(35-24)26(4,27)17-19-11-8-7-9-12-19/h6-9,11-12,15-16,18,21H,1,10,13-14,17,27H2,2-5H3/t21?,26-/m1/s1. The SMILES string of the molecule is C=CC1CCCN1c1cc(-c2nnc([C@](C)(N)Cc3ccccc3)o2)cc(N(C)S(=O)(=O)C(C)C)n1. The first-order chi connectivity index (χ1) is 17.0. The first-order valence-corrected chi connectivity index (χ1v) is 13.6. The molecular weight excluding hydrogens is 476 g/mol. The van der Waals surface area contributed by atoms with Crippen molar-refractivity contribution in [2.75, 3.05) is 22.8 Å². The van der Waals surface area contributed by atoms with Gasteiger partial charge in [0.2, 0.25) is 21.8 Å². The topological polar surface area (TPSA) is 118 Å². The van der Waals surface area contributed by atoms with Crippen LogP contribution in [0.1, 0.15) is 45.1 Å². The first-order valence-electron chi connectivity index (χ1n) is 12.1. The lowest BCUT2D eigenvalue weighted by Gasteiger charge is -2.26. The zero-order valence-corrected chi connectivity index (χ0v) is 22.1. The molecule has 2 N–H and O–H groups in total. The van der Waals surface area contributed by atoms with Gasteiger partial charge in [-0.2, -0.15) is 0 Å². The second kappa shape index (κ2) is 10.0. The predicted molar refractivity (Wildman–Crippen MR) is 142 cm³/mol. The van der Waals surface area contributed by atoms with Gasteiger partial charge in [-0.3, -0.25) is 4.31 Å². The van der Waals surface area contributed by atoms with Crippen LogP contribution in [0.5, 0.6) is 0 Å². The molecule has 9 nitrogen and oxygen atoms in total. The molecule has 0 spiro atoms. The molecule has 1 fully saturated rings. The van der Waals surface area contributed by atoms with Crippen LogP contribution >= 0.6 is 0 Å². The molecule has 4 rings (SSSR count). The fourth-order valence-electron chi connectivity index (χ4n) is 4.37. The van der Waals surface area contributed by atoms with Crippen LogP contribution in [0.2, 0.25) is 0 Å². The molecule has 1 aliphatic rings. The minimum Gasteiger partial charge on any atom is -0.419 e. The van der Waals surface area contributed by atoms with Gasteiger partial charge in [-0.05, 0) is 57.7 Å². The summed E-state index contributed by atoms with van der Waals surface area (Å²) in [7, 11) is -2.09. The van der Waals surface area contributed by atoms with Gasteiger partial charge in [0, 0.05) is 25.2 Å². The van der Waals surface area contributed by atoms with Crippen LogP contribution in [0.4, 0.5) is 11.6 Å². The highest BCUT2D eigenvalue weighted by molar-refractivity contribution is 7.93. The number of nitrogens with zero attached hydrogens (tertiary/aromatic N) is 5. The monoisotopic (exact) mass is 510 g/mol. The van der Waals surface area contributed by atoms with E-state index in [1.54, 1.807) is 19.9 Å². The van der Waals surface area contributed by atoms with Gasteiger partial charge in [0.15, 0.2) is 0 Å². The van der Waals surface area contributed by atoms with E-state index in [-0.39, 0.29) is 17.8 Å². The summed E-state index contributed by atoms with van der Waals surface area (Å²) >= 11 is 0. The van der Waals surface area contributed by atoms with Crippen LogP contribution in [-0.4, -0.2) is 48.5 Å². The number of hydrogen-bond acceptors (Lipinski definition) is 8. The molecule has 2 atom stereocenters. The maximum atomic E-state index is 12.9. The zero-order chi connectivity index (χ0) is 26.1. The summed E-state index contributed by atoms with van der Waals surface area (Å²) in [6.07, 6.45) is 4.37. The Balaban J connectivity index is 1.75. The fourth-order valence-corrected chi connectivity index (χ4v) is 5.36. The van der Waals surface area contributed by atoms with Crippen molar-refractivity contribution in [2.24, 2.45) is 5.73 Å². The Bertz CT molecular complexity index is 1320. The number of pyridine rings is 1. The van der Waals surface area contributed by atoms with Gasteiger partial charge in [-0.25, -0.2) is 13.4 Å². The number of hydrogen-bond donors (Lipinski definition) is 1. The summed E-state index contributed by atoms with van der Waals surface area (Å²) in [6.45, 7) is 9.88. The normalized spacial score (nSPS) is 17.8. The van der Waals surface area contributed by atoms with Gasteiger partial charge < -0.3 is 15.1 Å². The molecule has 2 aromatic heterocycles. The predicted octanol–water partition coefficient (Wildman–Crippen LogP) is 3.88. The Labute approximate surface area is 213 Å². The average Bonchev–Trinajstić information content (AvgIpc) is 3.54. The third-order valence-electron chi connectivity index (χ3n) is 6.54. The van der Waals surface area contributed by atoms with Crippen molar-refractivity contribution < 1.29 is 12.8 Å². The van der Waals surface area contributed by atoms with Crippen molar-refractivity contribution in [3.05, 3.63) is 66.6 Å². The Morgan fingerprint density at radius 3 is 2.67 bits per heavy atom. The van der Waals surface area contributed by atoms with Crippen molar-refractivity contribution in [3.8, 4) is 11.5 Å². The molecule has 1 saturated heterocycles. The number of anilines is 2. The van der Waals surface area contributed by atoms with E-state index < -0.39 is 20.8 Å². The molecule has 10 heteroatoms. The van der Waals surface area contributed by atoms with E-state index in [4.69, 9.17) is 15.1 Å². The maximum Gasteiger partial charge on any atom is 0.248 e. The largest absolute Gasteiger partial charge is 0.419 e. The number of nitrogens with two attached hydrogens (primary N) is 1. The molecule has 3 aromatic rings. The molecular formula is C26H34N6O3S. The number of sulfonamides is 1. The smallest absolute Gasteiger partial charge is 0.248 e. The fraction of sp³-hybridized carbons (Fsp3) is 0.423. The van der Waals surface area contributed by atoms with E-state index in [1.807, 2.05) is 49.4 Å². The lowest BCUT2D eigenvalue weighted by molar-refractivity contribution is 0.355. The molecule has 3 heterocycles. The summed E-state index contributed by atoms with van der Waals surface area (Å²) in [4.78, 5) is 6.83. The van der Waals surface area contributed by atoms with Gasteiger partial charge in [0.05, 0.1) is 10.8 Å².